The van der Waals surface area contributed by atoms with E-state index in [1.165, 1.54) is 0 Å². The molecule has 0 saturated carbocycles. The van der Waals surface area contributed by atoms with E-state index in [4.69, 9.17) is 14.3 Å². The minimum absolute atomic E-state index is 0.0934. The van der Waals surface area contributed by atoms with Crippen molar-refractivity contribution in [2.45, 2.75) is 25.5 Å². The van der Waals surface area contributed by atoms with Crippen LogP contribution in [0.4, 0.5) is 0 Å². The summed E-state index contributed by atoms with van der Waals surface area (Å²) in [6.07, 6.45) is 1.04. The number of rotatable bonds is 4. The molecule has 2 atom stereocenters. The number of fused-ring (bicyclic) bond motifs is 1. The molecule has 2 rings (SSSR count). The number of nitrogens with one attached hydrogen (secondary N) is 1. The maximum Gasteiger partial charge on any atom is 0.128 e. The smallest absolute Gasteiger partial charge is 0.128 e. The van der Waals surface area contributed by atoms with E-state index in [1.54, 1.807) is 14.2 Å². The summed E-state index contributed by atoms with van der Waals surface area (Å²) in [4.78, 5) is 5.01. The standard InChI is InChI=1S/C12H17NO3/c1-4-10-12(13-15-3)9-6-5-8(14-2)7-11(9)16-10/h5-7,10,12-13H,4H2,1-3H3. The van der Waals surface area contributed by atoms with E-state index in [1.807, 2.05) is 18.2 Å². The lowest BCUT2D eigenvalue weighted by Crippen LogP contribution is -2.29. The van der Waals surface area contributed by atoms with Crippen LogP contribution in [0.1, 0.15) is 24.9 Å². The van der Waals surface area contributed by atoms with Crippen molar-refractivity contribution in [2.24, 2.45) is 0 Å². The van der Waals surface area contributed by atoms with Gasteiger partial charge in [-0.2, -0.15) is 5.48 Å². The van der Waals surface area contributed by atoms with E-state index in [9.17, 15) is 0 Å². The van der Waals surface area contributed by atoms with Crippen LogP contribution in [-0.4, -0.2) is 20.3 Å². The highest BCUT2D eigenvalue weighted by Gasteiger charge is 2.33. The molecule has 88 valence electrons. The topological polar surface area (TPSA) is 39.7 Å². The normalized spacial score (nSPS) is 22.7. The minimum atomic E-state index is 0.0934. The summed E-state index contributed by atoms with van der Waals surface area (Å²) in [5.74, 6) is 1.69. The van der Waals surface area contributed by atoms with Gasteiger partial charge < -0.3 is 14.3 Å². The fraction of sp³-hybridized carbons (Fsp3) is 0.500. The van der Waals surface area contributed by atoms with E-state index in [2.05, 4.69) is 12.4 Å². The number of methoxy groups -OCH3 is 1. The van der Waals surface area contributed by atoms with Gasteiger partial charge in [0, 0.05) is 11.6 Å². The van der Waals surface area contributed by atoms with Crippen molar-refractivity contribution in [3.05, 3.63) is 23.8 Å². The van der Waals surface area contributed by atoms with Gasteiger partial charge in [0.05, 0.1) is 20.3 Å². The lowest BCUT2D eigenvalue weighted by Gasteiger charge is -2.17. The molecule has 0 amide bonds. The average Bonchev–Trinajstić information content (AvgIpc) is 2.67. The van der Waals surface area contributed by atoms with Crippen LogP contribution in [0.5, 0.6) is 11.5 Å². The second kappa shape index (κ2) is 4.72. The van der Waals surface area contributed by atoms with E-state index < -0.39 is 0 Å². The Labute approximate surface area is 95.5 Å². The molecule has 0 aliphatic carbocycles. The van der Waals surface area contributed by atoms with Crippen molar-refractivity contribution in [1.82, 2.24) is 5.48 Å². The number of hydrogen-bond donors (Lipinski definition) is 1. The number of benzene rings is 1. The molecule has 16 heavy (non-hydrogen) atoms. The van der Waals surface area contributed by atoms with E-state index in [0.717, 1.165) is 23.5 Å². The van der Waals surface area contributed by atoms with Crippen LogP contribution in [0, 0.1) is 0 Å². The first-order chi connectivity index (χ1) is 7.80. The predicted octanol–water partition coefficient (Wildman–Crippen LogP) is 2.06. The van der Waals surface area contributed by atoms with E-state index in [-0.39, 0.29) is 12.1 Å². The highest BCUT2D eigenvalue weighted by atomic mass is 16.6. The molecule has 1 heterocycles. The monoisotopic (exact) mass is 223 g/mol. The molecule has 1 N–H and O–H groups in total. The Morgan fingerprint density at radius 2 is 2.19 bits per heavy atom. The third kappa shape index (κ3) is 1.86. The van der Waals surface area contributed by atoms with Crippen LogP contribution in [-0.2, 0) is 4.84 Å². The van der Waals surface area contributed by atoms with Crippen molar-refractivity contribution in [1.29, 1.82) is 0 Å². The van der Waals surface area contributed by atoms with Gasteiger partial charge in [0.1, 0.15) is 17.6 Å². The summed E-state index contributed by atoms with van der Waals surface area (Å²) < 4.78 is 11.0. The van der Waals surface area contributed by atoms with Crippen LogP contribution in [0.15, 0.2) is 18.2 Å². The molecule has 0 radical (unpaired) electrons. The zero-order valence-electron chi connectivity index (χ0n) is 9.82. The van der Waals surface area contributed by atoms with Gasteiger partial charge in [0.25, 0.3) is 0 Å². The number of hydroxylamine groups is 1. The molecular formula is C12H17NO3. The van der Waals surface area contributed by atoms with Gasteiger partial charge in [0.2, 0.25) is 0 Å². The largest absolute Gasteiger partial charge is 0.497 e. The molecule has 0 bridgehead atoms. The lowest BCUT2D eigenvalue weighted by atomic mass is 10.0. The summed E-state index contributed by atoms with van der Waals surface area (Å²) in [6, 6.07) is 5.95. The van der Waals surface area contributed by atoms with E-state index >= 15 is 0 Å². The Morgan fingerprint density at radius 3 is 2.81 bits per heavy atom. The fourth-order valence-electron chi connectivity index (χ4n) is 2.02. The highest BCUT2D eigenvalue weighted by Crippen LogP contribution is 2.39. The third-order valence-corrected chi connectivity index (χ3v) is 2.85. The van der Waals surface area contributed by atoms with Crippen LogP contribution >= 0.6 is 0 Å². The maximum atomic E-state index is 5.84. The van der Waals surface area contributed by atoms with Crippen LogP contribution in [0.2, 0.25) is 0 Å². The van der Waals surface area contributed by atoms with Crippen molar-refractivity contribution in [3.8, 4) is 11.5 Å². The molecule has 1 aliphatic heterocycles. The highest BCUT2D eigenvalue weighted by molar-refractivity contribution is 5.45. The van der Waals surface area contributed by atoms with E-state index in [0.29, 0.717) is 0 Å². The van der Waals surface area contributed by atoms with Crippen molar-refractivity contribution >= 4 is 0 Å². The Hall–Kier alpha value is -1.26. The zero-order valence-corrected chi connectivity index (χ0v) is 9.82. The Morgan fingerprint density at radius 1 is 1.38 bits per heavy atom. The fourth-order valence-corrected chi connectivity index (χ4v) is 2.02. The first-order valence-corrected chi connectivity index (χ1v) is 5.43. The first kappa shape index (κ1) is 11.2. The van der Waals surface area contributed by atoms with Crippen LogP contribution in [0.25, 0.3) is 0 Å². The molecular weight excluding hydrogens is 206 g/mol. The van der Waals surface area contributed by atoms with Crippen molar-refractivity contribution in [2.75, 3.05) is 14.2 Å². The summed E-state index contributed by atoms with van der Waals surface area (Å²) in [7, 11) is 3.27. The average molecular weight is 223 g/mol. The maximum absolute atomic E-state index is 5.84. The van der Waals surface area contributed by atoms with Crippen molar-refractivity contribution < 1.29 is 14.3 Å². The second-order valence-electron chi connectivity index (χ2n) is 3.77. The zero-order chi connectivity index (χ0) is 11.5. The Bertz CT molecular complexity index is 367. The molecule has 0 spiro atoms. The van der Waals surface area contributed by atoms with Gasteiger partial charge in [0.15, 0.2) is 0 Å². The number of ether oxygens (including phenoxy) is 2. The molecule has 0 saturated heterocycles. The van der Waals surface area contributed by atoms with Crippen LogP contribution in [0.3, 0.4) is 0 Å². The SMILES string of the molecule is CCC1Oc2cc(OC)ccc2C1NOC. The lowest BCUT2D eigenvalue weighted by molar-refractivity contribution is 0.0283. The van der Waals surface area contributed by atoms with Gasteiger partial charge in [-0.1, -0.05) is 6.92 Å². The molecule has 1 aromatic rings. The van der Waals surface area contributed by atoms with Gasteiger partial charge in [-0.3, -0.25) is 0 Å². The molecule has 0 aromatic heterocycles. The molecule has 2 unspecified atom stereocenters. The Kier molecular flexibility index (Phi) is 3.31. The summed E-state index contributed by atoms with van der Waals surface area (Å²) in [6.45, 7) is 2.10. The molecule has 4 heteroatoms. The third-order valence-electron chi connectivity index (χ3n) is 2.85. The van der Waals surface area contributed by atoms with Gasteiger partial charge in [-0.25, -0.2) is 0 Å². The van der Waals surface area contributed by atoms with Gasteiger partial charge >= 0.3 is 0 Å². The summed E-state index contributed by atoms with van der Waals surface area (Å²) in [5, 5.41) is 0. The number of hydrogen-bond acceptors (Lipinski definition) is 4. The molecule has 1 aromatic carbocycles. The second-order valence-corrected chi connectivity index (χ2v) is 3.77. The van der Waals surface area contributed by atoms with Gasteiger partial charge in [-0.05, 0) is 18.6 Å². The molecule has 0 fully saturated rings. The molecule has 1 aliphatic rings. The van der Waals surface area contributed by atoms with Crippen LogP contribution < -0.4 is 15.0 Å². The molecule has 4 nitrogen and oxygen atoms in total. The predicted molar refractivity (Wildman–Crippen MR) is 60.6 cm³/mol. The van der Waals surface area contributed by atoms with Crippen molar-refractivity contribution in [3.63, 3.8) is 0 Å². The quantitative estimate of drug-likeness (QED) is 0.793. The summed E-state index contributed by atoms with van der Waals surface area (Å²) >= 11 is 0. The minimum Gasteiger partial charge on any atom is -0.497 e. The van der Waals surface area contributed by atoms with Gasteiger partial charge in [-0.15, -0.1) is 0 Å². The Balaban J connectivity index is 2.29. The first-order valence-electron chi connectivity index (χ1n) is 5.43. The summed E-state index contributed by atoms with van der Waals surface area (Å²) in [5.41, 5.74) is 4.09.